The highest BCUT2D eigenvalue weighted by Gasteiger charge is 2.29. The first kappa shape index (κ1) is 11.5. The lowest BCUT2D eigenvalue weighted by Gasteiger charge is -2.28. The second-order valence-corrected chi connectivity index (χ2v) is 9.72. The molecule has 1 nitrogen and oxygen atoms in total. The van der Waals surface area contributed by atoms with E-state index in [2.05, 4.69) is 49.5 Å². The van der Waals surface area contributed by atoms with E-state index < -0.39 is 8.07 Å². The normalized spacial score (nSPS) is 16.5. The Balaban J connectivity index is 2.10. The highest BCUT2D eigenvalue weighted by atomic mass is 28.3. The molecule has 0 fully saturated rings. The monoisotopic (exact) mass is 232 g/mol. The summed E-state index contributed by atoms with van der Waals surface area (Å²) < 4.78 is 5.84. The van der Waals surface area contributed by atoms with Gasteiger partial charge < -0.3 is 4.74 Å². The van der Waals surface area contributed by atoms with Crippen molar-refractivity contribution in [3.8, 4) is 0 Å². The van der Waals surface area contributed by atoms with Crippen LogP contribution in [-0.4, -0.2) is 14.7 Å². The third-order valence-electron chi connectivity index (χ3n) is 3.09. The molecule has 1 aliphatic heterocycles. The Labute approximate surface area is 99.2 Å². The number of ether oxygens (including phenoxy) is 1. The lowest BCUT2D eigenvalue weighted by molar-refractivity contribution is 0.213. The average Bonchev–Trinajstić information content (AvgIpc) is 2.31. The lowest BCUT2D eigenvalue weighted by Crippen LogP contribution is -2.35. The number of hydrogen-bond donors (Lipinski definition) is 0. The second kappa shape index (κ2) is 4.87. The molecule has 86 valence electrons. The van der Waals surface area contributed by atoms with Gasteiger partial charge in [-0.25, -0.2) is 0 Å². The standard InChI is InChI=1S/C14H20OSi/c1-16(2,14-10-6-7-11-15-14)12-13-8-4-3-5-9-13/h3-5,8-10H,6-7,11-12H2,1-2H3. The molecule has 1 aliphatic rings. The first-order valence-corrected chi connectivity index (χ1v) is 9.26. The average molecular weight is 232 g/mol. The summed E-state index contributed by atoms with van der Waals surface area (Å²) in [5.74, 6) is 0. The zero-order valence-corrected chi connectivity index (χ0v) is 11.2. The molecule has 1 aromatic rings. The van der Waals surface area contributed by atoms with Gasteiger partial charge in [-0.1, -0.05) is 55.1 Å². The topological polar surface area (TPSA) is 9.23 Å². The Bertz CT molecular complexity index is 368. The summed E-state index contributed by atoms with van der Waals surface area (Å²) in [6.45, 7) is 5.71. The van der Waals surface area contributed by atoms with E-state index in [1.54, 1.807) is 0 Å². The molecule has 0 aliphatic carbocycles. The SMILES string of the molecule is C[Si](C)(Cc1ccccc1)C1=CCCCO1. The molecule has 16 heavy (non-hydrogen) atoms. The first-order valence-electron chi connectivity index (χ1n) is 6.06. The molecule has 0 saturated carbocycles. The van der Waals surface area contributed by atoms with E-state index in [4.69, 9.17) is 4.74 Å². The van der Waals surface area contributed by atoms with Crippen molar-refractivity contribution >= 4 is 8.07 Å². The fraction of sp³-hybridized carbons (Fsp3) is 0.429. The molecular formula is C14H20OSi. The molecule has 0 aromatic heterocycles. The van der Waals surface area contributed by atoms with E-state index in [9.17, 15) is 0 Å². The summed E-state index contributed by atoms with van der Waals surface area (Å²) >= 11 is 0. The molecule has 0 N–H and O–H groups in total. The van der Waals surface area contributed by atoms with Crippen molar-refractivity contribution in [1.82, 2.24) is 0 Å². The summed E-state index contributed by atoms with van der Waals surface area (Å²) in [4.78, 5) is 0. The molecule has 2 heteroatoms. The van der Waals surface area contributed by atoms with Gasteiger partial charge in [0.1, 0.15) is 8.07 Å². The molecule has 0 atom stereocenters. The summed E-state index contributed by atoms with van der Waals surface area (Å²) in [5, 5.41) is 1.31. The highest BCUT2D eigenvalue weighted by Crippen LogP contribution is 2.24. The van der Waals surface area contributed by atoms with Crippen LogP contribution < -0.4 is 0 Å². The van der Waals surface area contributed by atoms with Gasteiger partial charge in [0.25, 0.3) is 0 Å². The van der Waals surface area contributed by atoms with Crippen molar-refractivity contribution in [3.05, 3.63) is 47.4 Å². The summed E-state index contributed by atoms with van der Waals surface area (Å²) in [6, 6.07) is 11.9. The summed E-state index contributed by atoms with van der Waals surface area (Å²) in [7, 11) is -1.40. The highest BCUT2D eigenvalue weighted by molar-refractivity contribution is 6.83. The van der Waals surface area contributed by atoms with Crippen LogP contribution in [-0.2, 0) is 10.8 Å². The predicted octanol–water partition coefficient (Wildman–Crippen LogP) is 3.71. The van der Waals surface area contributed by atoms with Crippen LogP contribution in [0.5, 0.6) is 0 Å². The minimum atomic E-state index is -1.40. The summed E-state index contributed by atoms with van der Waals surface area (Å²) in [5.41, 5.74) is 1.44. The van der Waals surface area contributed by atoms with E-state index in [1.165, 1.54) is 29.8 Å². The van der Waals surface area contributed by atoms with Crippen LogP contribution in [0, 0.1) is 0 Å². The molecule has 0 saturated heterocycles. The fourth-order valence-corrected chi connectivity index (χ4v) is 4.84. The van der Waals surface area contributed by atoms with Gasteiger partial charge >= 0.3 is 0 Å². The van der Waals surface area contributed by atoms with E-state index in [1.807, 2.05) is 0 Å². The molecule has 1 aromatic carbocycles. The minimum absolute atomic E-state index is 0.914. The lowest BCUT2D eigenvalue weighted by atomic mass is 10.2. The Hall–Kier alpha value is -1.02. The van der Waals surface area contributed by atoms with Gasteiger partial charge in [0.2, 0.25) is 0 Å². The molecule has 1 heterocycles. The van der Waals surface area contributed by atoms with Crippen LogP contribution in [0.15, 0.2) is 41.8 Å². The molecule has 0 amide bonds. The maximum atomic E-state index is 5.84. The van der Waals surface area contributed by atoms with Crippen LogP contribution >= 0.6 is 0 Å². The van der Waals surface area contributed by atoms with Crippen molar-refractivity contribution in [2.45, 2.75) is 32.0 Å². The molecule has 0 spiro atoms. The maximum absolute atomic E-state index is 5.84. The number of allylic oxidation sites excluding steroid dienone is 1. The van der Waals surface area contributed by atoms with E-state index in [0.29, 0.717) is 0 Å². The van der Waals surface area contributed by atoms with E-state index in [0.717, 1.165) is 6.61 Å². The molecule has 0 bridgehead atoms. The zero-order chi connectivity index (χ0) is 11.4. The van der Waals surface area contributed by atoms with Gasteiger partial charge in [-0.15, -0.1) is 0 Å². The van der Waals surface area contributed by atoms with Gasteiger partial charge in [-0.2, -0.15) is 0 Å². The van der Waals surface area contributed by atoms with E-state index >= 15 is 0 Å². The second-order valence-electron chi connectivity index (χ2n) is 5.11. The van der Waals surface area contributed by atoms with Crippen LogP contribution in [0.3, 0.4) is 0 Å². The van der Waals surface area contributed by atoms with Gasteiger partial charge in [-0.05, 0) is 18.9 Å². The van der Waals surface area contributed by atoms with Crippen molar-refractivity contribution in [3.63, 3.8) is 0 Å². The largest absolute Gasteiger partial charge is 0.503 e. The number of rotatable bonds is 3. The van der Waals surface area contributed by atoms with Crippen LogP contribution in [0.2, 0.25) is 13.1 Å². The quantitative estimate of drug-likeness (QED) is 0.722. The molecule has 0 unspecified atom stereocenters. The maximum Gasteiger partial charge on any atom is 0.129 e. The molecule has 2 rings (SSSR count). The van der Waals surface area contributed by atoms with Crippen LogP contribution in [0.25, 0.3) is 0 Å². The Kier molecular flexibility index (Phi) is 3.49. The smallest absolute Gasteiger partial charge is 0.129 e. The fourth-order valence-electron chi connectivity index (χ4n) is 2.22. The van der Waals surface area contributed by atoms with E-state index in [-0.39, 0.29) is 0 Å². The summed E-state index contributed by atoms with van der Waals surface area (Å²) in [6.07, 6.45) is 4.69. The van der Waals surface area contributed by atoms with Gasteiger partial charge in [0.15, 0.2) is 0 Å². The predicted molar refractivity (Wildman–Crippen MR) is 70.9 cm³/mol. The van der Waals surface area contributed by atoms with Crippen LogP contribution in [0.1, 0.15) is 18.4 Å². The Morgan fingerprint density at radius 3 is 2.56 bits per heavy atom. The zero-order valence-electron chi connectivity index (χ0n) is 10.2. The number of benzene rings is 1. The third-order valence-corrected chi connectivity index (χ3v) is 6.07. The molecular weight excluding hydrogens is 212 g/mol. The molecule has 0 radical (unpaired) electrons. The number of hydrogen-bond acceptors (Lipinski definition) is 1. The van der Waals surface area contributed by atoms with Crippen molar-refractivity contribution < 1.29 is 4.74 Å². The van der Waals surface area contributed by atoms with Crippen molar-refractivity contribution in [2.75, 3.05) is 6.61 Å². The minimum Gasteiger partial charge on any atom is -0.503 e. The van der Waals surface area contributed by atoms with Gasteiger partial charge in [0.05, 0.1) is 12.0 Å². The van der Waals surface area contributed by atoms with Crippen molar-refractivity contribution in [1.29, 1.82) is 0 Å². The first-order chi connectivity index (χ1) is 7.68. The van der Waals surface area contributed by atoms with Gasteiger partial charge in [0, 0.05) is 0 Å². The van der Waals surface area contributed by atoms with Crippen molar-refractivity contribution in [2.24, 2.45) is 0 Å². The Morgan fingerprint density at radius 1 is 1.19 bits per heavy atom. The van der Waals surface area contributed by atoms with Crippen LogP contribution in [0.4, 0.5) is 0 Å². The third kappa shape index (κ3) is 2.76. The van der Waals surface area contributed by atoms with Gasteiger partial charge in [-0.3, -0.25) is 0 Å². The Morgan fingerprint density at radius 2 is 1.94 bits per heavy atom.